The van der Waals surface area contributed by atoms with Crippen molar-refractivity contribution in [3.8, 4) is 0 Å². The summed E-state index contributed by atoms with van der Waals surface area (Å²) in [6, 6.07) is 5.33. The number of carbonyl (C=O) groups excluding carboxylic acids is 1. The van der Waals surface area contributed by atoms with Gasteiger partial charge >= 0.3 is 5.97 Å². The summed E-state index contributed by atoms with van der Waals surface area (Å²) in [6.45, 7) is 2.51. The van der Waals surface area contributed by atoms with E-state index in [1.54, 1.807) is 6.07 Å². The predicted octanol–water partition coefficient (Wildman–Crippen LogP) is 2.12. The Hall–Kier alpha value is -1.55. The van der Waals surface area contributed by atoms with Gasteiger partial charge in [0, 0.05) is 5.69 Å². The minimum atomic E-state index is -0.420. The second-order valence-electron chi connectivity index (χ2n) is 4.40. The van der Waals surface area contributed by atoms with Crippen molar-refractivity contribution in [3.63, 3.8) is 0 Å². The second kappa shape index (κ2) is 5.19. The fraction of sp³-hybridized carbons (Fsp3) is 0.462. The molecule has 0 radical (unpaired) electrons. The molecule has 0 amide bonds. The van der Waals surface area contributed by atoms with Crippen molar-refractivity contribution in [1.82, 2.24) is 0 Å². The number of hydrogen-bond donors (Lipinski definition) is 1. The highest BCUT2D eigenvalue weighted by Gasteiger charge is 2.21. The van der Waals surface area contributed by atoms with Gasteiger partial charge in [0.05, 0.1) is 12.2 Å². The van der Waals surface area contributed by atoms with E-state index in [9.17, 15) is 4.79 Å². The van der Waals surface area contributed by atoms with Gasteiger partial charge in [0.2, 0.25) is 0 Å². The van der Waals surface area contributed by atoms with Gasteiger partial charge in [-0.05, 0) is 37.3 Å². The third-order valence-corrected chi connectivity index (χ3v) is 2.83. The van der Waals surface area contributed by atoms with E-state index < -0.39 is 5.97 Å². The normalized spacial score (nSPS) is 14.6. The number of nitrogens with two attached hydrogens (primary N) is 1. The first-order valence-corrected chi connectivity index (χ1v) is 5.78. The Bertz CT molecular complexity index is 393. The molecule has 1 fully saturated rings. The molecular weight excluding hydrogens is 218 g/mol. The standard InChI is InChI=1S/C13H17NO3/c1-9-3-2-4-11(14)12(9)13(15)17-8-16-7-10-5-6-10/h2-4,10H,5-8,14H2,1H3. The number of rotatable bonds is 5. The first kappa shape index (κ1) is 11.9. The quantitative estimate of drug-likeness (QED) is 0.367. The van der Waals surface area contributed by atoms with Crippen LogP contribution in [-0.2, 0) is 9.47 Å². The van der Waals surface area contributed by atoms with Gasteiger partial charge in [-0.2, -0.15) is 0 Å². The average molecular weight is 235 g/mol. The van der Waals surface area contributed by atoms with Crippen molar-refractivity contribution in [2.45, 2.75) is 19.8 Å². The molecule has 0 unspecified atom stereocenters. The molecule has 0 saturated heterocycles. The first-order valence-electron chi connectivity index (χ1n) is 5.78. The van der Waals surface area contributed by atoms with E-state index in [2.05, 4.69) is 0 Å². The van der Waals surface area contributed by atoms with Crippen molar-refractivity contribution in [2.24, 2.45) is 5.92 Å². The molecule has 2 rings (SSSR count). The highest BCUT2D eigenvalue weighted by molar-refractivity contribution is 5.96. The summed E-state index contributed by atoms with van der Waals surface area (Å²) in [5, 5.41) is 0. The molecule has 17 heavy (non-hydrogen) atoms. The van der Waals surface area contributed by atoms with E-state index >= 15 is 0 Å². The predicted molar refractivity (Wildman–Crippen MR) is 64.5 cm³/mol. The van der Waals surface area contributed by atoms with Crippen molar-refractivity contribution in [3.05, 3.63) is 29.3 Å². The summed E-state index contributed by atoms with van der Waals surface area (Å²) in [6.07, 6.45) is 2.44. The van der Waals surface area contributed by atoms with Crippen LogP contribution in [0.3, 0.4) is 0 Å². The van der Waals surface area contributed by atoms with Crippen LogP contribution in [0.1, 0.15) is 28.8 Å². The molecule has 1 aromatic carbocycles. The smallest absolute Gasteiger partial charge is 0.342 e. The maximum absolute atomic E-state index is 11.8. The van der Waals surface area contributed by atoms with E-state index in [1.807, 2.05) is 19.1 Å². The number of esters is 1. The van der Waals surface area contributed by atoms with Gasteiger partial charge in [-0.15, -0.1) is 0 Å². The maximum atomic E-state index is 11.8. The van der Waals surface area contributed by atoms with Gasteiger partial charge in [0.25, 0.3) is 0 Å². The molecule has 1 aliphatic carbocycles. The van der Waals surface area contributed by atoms with Crippen LogP contribution < -0.4 is 5.73 Å². The van der Waals surface area contributed by atoms with Gasteiger partial charge in [-0.25, -0.2) is 4.79 Å². The molecule has 2 N–H and O–H groups in total. The van der Waals surface area contributed by atoms with E-state index in [1.165, 1.54) is 12.8 Å². The van der Waals surface area contributed by atoms with Crippen molar-refractivity contribution < 1.29 is 14.3 Å². The third-order valence-electron chi connectivity index (χ3n) is 2.83. The highest BCUT2D eigenvalue weighted by Crippen LogP contribution is 2.28. The number of anilines is 1. The van der Waals surface area contributed by atoms with E-state index in [4.69, 9.17) is 15.2 Å². The lowest BCUT2D eigenvalue weighted by Crippen LogP contribution is -2.13. The Balaban J connectivity index is 1.85. The number of aryl methyl sites for hydroxylation is 1. The first-order chi connectivity index (χ1) is 8.18. The summed E-state index contributed by atoms with van der Waals surface area (Å²) in [4.78, 5) is 11.8. The van der Waals surface area contributed by atoms with E-state index in [0.717, 1.165) is 5.56 Å². The van der Waals surface area contributed by atoms with E-state index in [-0.39, 0.29) is 6.79 Å². The van der Waals surface area contributed by atoms with Crippen molar-refractivity contribution in [1.29, 1.82) is 0 Å². The molecular formula is C13H17NO3. The number of benzene rings is 1. The Morgan fingerprint density at radius 2 is 2.24 bits per heavy atom. The molecule has 0 heterocycles. The summed E-state index contributed by atoms with van der Waals surface area (Å²) < 4.78 is 10.3. The lowest BCUT2D eigenvalue weighted by Gasteiger charge is -2.09. The average Bonchev–Trinajstić information content (AvgIpc) is 3.08. The van der Waals surface area contributed by atoms with Crippen molar-refractivity contribution >= 4 is 11.7 Å². The van der Waals surface area contributed by atoms with Crippen LogP contribution >= 0.6 is 0 Å². The molecule has 4 nitrogen and oxygen atoms in total. The summed E-state index contributed by atoms with van der Waals surface area (Å²) in [7, 11) is 0. The molecule has 1 saturated carbocycles. The van der Waals surface area contributed by atoms with Gasteiger partial charge in [-0.1, -0.05) is 12.1 Å². The Morgan fingerprint density at radius 3 is 2.88 bits per heavy atom. The fourth-order valence-corrected chi connectivity index (χ4v) is 1.64. The molecule has 1 aromatic rings. The Labute approximate surface area is 101 Å². The Morgan fingerprint density at radius 1 is 1.47 bits per heavy atom. The number of nitrogen functional groups attached to an aromatic ring is 1. The molecule has 0 aliphatic heterocycles. The van der Waals surface area contributed by atoms with Crippen LogP contribution in [0, 0.1) is 12.8 Å². The zero-order chi connectivity index (χ0) is 12.3. The molecule has 92 valence electrons. The lowest BCUT2D eigenvalue weighted by atomic mass is 10.1. The van der Waals surface area contributed by atoms with Gasteiger partial charge in [0.15, 0.2) is 6.79 Å². The van der Waals surface area contributed by atoms with Crippen LogP contribution in [0.4, 0.5) is 5.69 Å². The minimum Gasteiger partial charge on any atom is -0.435 e. The molecule has 0 spiro atoms. The number of hydrogen-bond acceptors (Lipinski definition) is 4. The summed E-state index contributed by atoms with van der Waals surface area (Å²) in [5.41, 5.74) is 7.43. The van der Waals surface area contributed by atoms with Gasteiger partial charge < -0.3 is 15.2 Å². The second-order valence-corrected chi connectivity index (χ2v) is 4.40. The topological polar surface area (TPSA) is 61.6 Å². The monoisotopic (exact) mass is 235 g/mol. The zero-order valence-electron chi connectivity index (χ0n) is 9.94. The lowest BCUT2D eigenvalue weighted by molar-refractivity contribution is -0.0344. The third kappa shape index (κ3) is 3.20. The highest BCUT2D eigenvalue weighted by atomic mass is 16.7. The maximum Gasteiger partial charge on any atom is 0.342 e. The van der Waals surface area contributed by atoms with Gasteiger partial charge in [-0.3, -0.25) is 0 Å². The van der Waals surface area contributed by atoms with Crippen LogP contribution in [0.5, 0.6) is 0 Å². The summed E-state index contributed by atoms with van der Waals surface area (Å²) >= 11 is 0. The van der Waals surface area contributed by atoms with Crippen LogP contribution in [-0.4, -0.2) is 19.4 Å². The number of carbonyl (C=O) groups is 1. The SMILES string of the molecule is Cc1cccc(N)c1C(=O)OCOCC1CC1. The van der Waals surface area contributed by atoms with Crippen LogP contribution in [0.25, 0.3) is 0 Å². The molecule has 0 aromatic heterocycles. The molecule has 0 bridgehead atoms. The summed E-state index contributed by atoms with van der Waals surface area (Å²) in [5.74, 6) is 0.244. The van der Waals surface area contributed by atoms with Crippen LogP contribution in [0.2, 0.25) is 0 Å². The fourth-order valence-electron chi connectivity index (χ4n) is 1.64. The molecule has 1 aliphatic rings. The zero-order valence-corrected chi connectivity index (χ0v) is 9.94. The minimum absolute atomic E-state index is 0.00308. The Kier molecular flexibility index (Phi) is 3.64. The molecule has 0 atom stereocenters. The number of ether oxygens (including phenoxy) is 2. The largest absolute Gasteiger partial charge is 0.435 e. The molecule has 4 heteroatoms. The van der Waals surface area contributed by atoms with Gasteiger partial charge in [0.1, 0.15) is 0 Å². The van der Waals surface area contributed by atoms with Crippen molar-refractivity contribution in [2.75, 3.05) is 19.1 Å². The van der Waals surface area contributed by atoms with E-state index in [0.29, 0.717) is 23.8 Å². The van der Waals surface area contributed by atoms with Crippen LogP contribution in [0.15, 0.2) is 18.2 Å².